The quantitative estimate of drug-likeness (QED) is 0.811. The van der Waals surface area contributed by atoms with Gasteiger partial charge in [0.15, 0.2) is 0 Å². The van der Waals surface area contributed by atoms with Crippen molar-refractivity contribution in [2.24, 2.45) is 0 Å². The summed E-state index contributed by atoms with van der Waals surface area (Å²) in [6.45, 7) is 3.13. The first-order valence-corrected chi connectivity index (χ1v) is 5.69. The van der Waals surface area contributed by atoms with Gasteiger partial charge in [-0.25, -0.2) is 0 Å². The first-order valence-electron chi connectivity index (χ1n) is 5.69. The molecule has 0 aliphatic carbocycles. The Balaban J connectivity index is 2.03. The summed E-state index contributed by atoms with van der Waals surface area (Å²) in [5, 5.41) is 3.46. The highest BCUT2D eigenvalue weighted by Gasteiger charge is 2.15. The Hall–Kier alpha value is -1.48. The number of furan rings is 2. The van der Waals surface area contributed by atoms with Crippen molar-refractivity contribution in [3.63, 3.8) is 0 Å². The number of nitrogens with one attached hydrogen (secondary N) is 1. The van der Waals surface area contributed by atoms with E-state index in [4.69, 9.17) is 8.83 Å². The topological polar surface area (TPSA) is 38.3 Å². The van der Waals surface area contributed by atoms with Crippen molar-refractivity contribution in [2.75, 3.05) is 6.54 Å². The minimum absolute atomic E-state index is 0.195. The van der Waals surface area contributed by atoms with E-state index in [2.05, 4.69) is 12.2 Å². The molecule has 0 fully saturated rings. The lowest BCUT2D eigenvalue weighted by atomic mass is 10.1. The lowest BCUT2D eigenvalue weighted by molar-refractivity contribution is 0.385. The molecule has 0 bridgehead atoms. The van der Waals surface area contributed by atoms with Gasteiger partial charge < -0.3 is 14.2 Å². The summed E-state index contributed by atoms with van der Waals surface area (Å²) in [6.07, 6.45) is 5.34. The second-order valence-corrected chi connectivity index (χ2v) is 3.81. The van der Waals surface area contributed by atoms with Crippen LogP contribution in [0.5, 0.6) is 0 Å². The summed E-state index contributed by atoms with van der Waals surface area (Å²) in [4.78, 5) is 0. The minimum atomic E-state index is 0.195. The van der Waals surface area contributed by atoms with E-state index in [0.717, 1.165) is 30.9 Å². The predicted molar refractivity (Wildman–Crippen MR) is 62.2 cm³/mol. The fraction of sp³-hybridized carbons (Fsp3) is 0.385. The van der Waals surface area contributed by atoms with Gasteiger partial charge >= 0.3 is 0 Å². The van der Waals surface area contributed by atoms with E-state index in [0.29, 0.717) is 0 Å². The Labute approximate surface area is 95.5 Å². The molecule has 16 heavy (non-hydrogen) atoms. The molecule has 0 aliphatic rings. The highest BCUT2D eigenvalue weighted by molar-refractivity contribution is 5.09. The van der Waals surface area contributed by atoms with Crippen molar-refractivity contribution in [1.82, 2.24) is 5.32 Å². The summed E-state index contributed by atoms with van der Waals surface area (Å²) in [6, 6.07) is 8.01. The van der Waals surface area contributed by atoms with Crippen molar-refractivity contribution in [3.8, 4) is 0 Å². The van der Waals surface area contributed by atoms with Gasteiger partial charge in [-0.3, -0.25) is 0 Å². The maximum Gasteiger partial charge on any atom is 0.121 e. The van der Waals surface area contributed by atoms with Crippen LogP contribution in [-0.4, -0.2) is 6.54 Å². The van der Waals surface area contributed by atoms with Gasteiger partial charge in [0.1, 0.15) is 11.5 Å². The van der Waals surface area contributed by atoms with Crippen LogP contribution in [0.3, 0.4) is 0 Å². The average Bonchev–Trinajstić information content (AvgIpc) is 2.96. The summed E-state index contributed by atoms with van der Waals surface area (Å²) >= 11 is 0. The Morgan fingerprint density at radius 2 is 2.00 bits per heavy atom. The largest absolute Gasteiger partial charge is 0.469 e. The lowest BCUT2D eigenvalue weighted by Gasteiger charge is -2.14. The fourth-order valence-corrected chi connectivity index (χ4v) is 1.71. The minimum Gasteiger partial charge on any atom is -0.469 e. The highest BCUT2D eigenvalue weighted by Crippen LogP contribution is 2.19. The van der Waals surface area contributed by atoms with Gasteiger partial charge in [-0.1, -0.05) is 6.92 Å². The molecule has 0 saturated heterocycles. The summed E-state index contributed by atoms with van der Waals surface area (Å²) in [7, 11) is 0. The summed E-state index contributed by atoms with van der Waals surface area (Å²) in [5.41, 5.74) is 0. The van der Waals surface area contributed by atoms with E-state index < -0.39 is 0 Å². The van der Waals surface area contributed by atoms with E-state index in [1.165, 1.54) is 0 Å². The first-order chi connectivity index (χ1) is 7.90. The van der Waals surface area contributed by atoms with Crippen molar-refractivity contribution in [1.29, 1.82) is 0 Å². The van der Waals surface area contributed by atoms with Crippen molar-refractivity contribution in [3.05, 3.63) is 48.3 Å². The zero-order valence-corrected chi connectivity index (χ0v) is 9.48. The maximum atomic E-state index is 5.44. The van der Waals surface area contributed by atoms with Crippen LogP contribution in [0.1, 0.15) is 30.9 Å². The van der Waals surface area contributed by atoms with Gasteiger partial charge in [-0.15, -0.1) is 0 Å². The van der Waals surface area contributed by atoms with Crippen LogP contribution in [0.25, 0.3) is 0 Å². The zero-order chi connectivity index (χ0) is 11.2. The van der Waals surface area contributed by atoms with E-state index in [1.807, 2.05) is 24.3 Å². The number of hydrogen-bond acceptors (Lipinski definition) is 3. The second-order valence-electron chi connectivity index (χ2n) is 3.81. The second kappa shape index (κ2) is 5.56. The predicted octanol–water partition coefficient (Wildman–Crippen LogP) is 3.16. The lowest BCUT2D eigenvalue weighted by Crippen LogP contribution is -2.23. The van der Waals surface area contributed by atoms with Gasteiger partial charge in [-0.2, -0.15) is 0 Å². The molecule has 0 aliphatic heterocycles. The van der Waals surface area contributed by atoms with Crippen LogP contribution in [0.4, 0.5) is 0 Å². The van der Waals surface area contributed by atoms with E-state index in [9.17, 15) is 0 Å². The van der Waals surface area contributed by atoms with E-state index in [1.54, 1.807) is 12.5 Å². The first kappa shape index (κ1) is 11.0. The van der Waals surface area contributed by atoms with Crippen LogP contribution in [-0.2, 0) is 6.42 Å². The van der Waals surface area contributed by atoms with E-state index >= 15 is 0 Å². The van der Waals surface area contributed by atoms with Gasteiger partial charge in [0.05, 0.1) is 18.6 Å². The SMILES string of the molecule is CCCNC(Cc1ccco1)c1ccco1. The van der Waals surface area contributed by atoms with E-state index in [-0.39, 0.29) is 6.04 Å². The molecule has 0 saturated carbocycles. The zero-order valence-electron chi connectivity index (χ0n) is 9.48. The molecule has 1 unspecified atom stereocenters. The van der Waals surface area contributed by atoms with Gasteiger partial charge in [0.2, 0.25) is 0 Å². The Bertz CT molecular complexity index is 378. The van der Waals surface area contributed by atoms with Crippen LogP contribution < -0.4 is 5.32 Å². The number of rotatable bonds is 6. The standard InChI is InChI=1S/C13H17NO2/c1-2-7-14-12(13-6-4-9-16-13)10-11-5-3-8-15-11/h3-6,8-9,12,14H,2,7,10H2,1H3. The van der Waals surface area contributed by atoms with Crippen LogP contribution in [0, 0.1) is 0 Å². The monoisotopic (exact) mass is 219 g/mol. The molecule has 1 N–H and O–H groups in total. The highest BCUT2D eigenvalue weighted by atomic mass is 16.3. The third kappa shape index (κ3) is 2.76. The van der Waals surface area contributed by atoms with Crippen molar-refractivity contribution < 1.29 is 8.83 Å². The summed E-state index contributed by atoms with van der Waals surface area (Å²) in [5.74, 6) is 1.94. The molecule has 2 aromatic rings. The molecular weight excluding hydrogens is 202 g/mol. The Morgan fingerprint density at radius 3 is 2.62 bits per heavy atom. The molecule has 0 spiro atoms. The van der Waals surface area contributed by atoms with Crippen LogP contribution >= 0.6 is 0 Å². The molecule has 2 rings (SSSR count). The third-order valence-electron chi connectivity index (χ3n) is 2.51. The molecule has 0 radical (unpaired) electrons. The molecule has 0 aromatic carbocycles. The molecule has 86 valence electrons. The smallest absolute Gasteiger partial charge is 0.121 e. The van der Waals surface area contributed by atoms with Crippen molar-refractivity contribution >= 4 is 0 Å². The Morgan fingerprint density at radius 1 is 1.19 bits per heavy atom. The molecule has 3 heteroatoms. The van der Waals surface area contributed by atoms with Crippen LogP contribution in [0.15, 0.2) is 45.6 Å². The van der Waals surface area contributed by atoms with Gasteiger partial charge in [0.25, 0.3) is 0 Å². The van der Waals surface area contributed by atoms with Gasteiger partial charge in [-0.05, 0) is 37.2 Å². The normalized spacial score (nSPS) is 12.8. The summed E-state index contributed by atoms with van der Waals surface area (Å²) < 4.78 is 10.8. The molecule has 1 atom stereocenters. The molecule has 2 aromatic heterocycles. The fourth-order valence-electron chi connectivity index (χ4n) is 1.71. The molecular formula is C13H17NO2. The molecule has 3 nitrogen and oxygen atoms in total. The molecule has 2 heterocycles. The third-order valence-corrected chi connectivity index (χ3v) is 2.51. The maximum absolute atomic E-state index is 5.44. The average molecular weight is 219 g/mol. The number of hydrogen-bond donors (Lipinski definition) is 1. The van der Waals surface area contributed by atoms with Gasteiger partial charge in [0, 0.05) is 6.42 Å². The van der Waals surface area contributed by atoms with Crippen LogP contribution in [0.2, 0.25) is 0 Å². The van der Waals surface area contributed by atoms with Crippen molar-refractivity contribution in [2.45, 2.75) is 25.8 Å². The molecule has 0 amide bonds. The Kier molecular flexibility index (Phi) is 3.83.